The van der Waals surface area contributed by atoms with Crippen LogP contribution in [0.5, 0.6) is 0 Å². The summed E-state index contributed by atoms with van der Waals surface area (Å²) >= 11 is 0. The number of fused-ring (bicyclic) bond motifs is 1. The lowest BCUT2D eigenvalue weighted by molar-refractivity contribution is 0.164. The molecule has 1 aromatic rings. The van der Waals surface area contributed by atoms with Gasteiger partial charge in [0.1, 0.15) is 0 Å². The van der Waals surface area contributed by atoms with Crippen molar-refractivity contribution in [3.8, 4) is 0 Å². The van der Waals surface area contributed by atoms with Gasteiger partial charge < -0.3 is 10.2 Å². The van der Waals surface area contributed by atoms with Gasteiger partial charge in [-0.2, -0.15) is 0 Å². The Balaban J connectivity index is 2.21. The van der Waals surface area contributed by atoms with Crippen molar-refractivity contribution in [2.24, 2.45) is 0 Å². The molecule has 0 aromatic heterocycles. The maximum Gasteiger partial charge on any atom is 0.318 e. The first-order chi connectivity index (χ1) is 9.56. The van der Waals surface area contributed by atoms with Gasteiger partial charge in [-0.15, -0.1) is 0 Å². The van der Waals surface area contributed by atoms with Crippen LogP contribution in [0.15, 0.2) is 18.2 Å². The van der Waals surface area contributed by atoms with E-state index >= 15 is 0 Å². The van der Waals surface area contributed by atoms with Crippen LogP contribution in [0.3, 0.4) is 0 Å². The summed E-state index contributed by atoms with van der Waals surface area (Å²) in [5.74, 6) is 0. The minimum Gasteiger partial charge on any atom is -0.336 e. The van der Waals surface area contributed by atoms with E-state index in [1.807, 2.05) is 4.90 Å². The number of aryl methyl sites for hydroxylation is 1. The van der Waals surface area contributed by atoms with Crippen molar-refractivity contribution < 1.29 is 4.79 Å². The fraction of sp³-hybridized carbons (Fsp3) is 0.588. The third-order valence-corrected chi connectivity index (χ3v) is 4.29. The van der Waals surface area contributed by atoms with Gasteiger partial charge in [-0.25, -0.2) is 4.79 Å². The molecule has 1 heterocycles. The highest BCUT2D eigenvalue weighted by molar-refractivity contribution is 5.75. The molecule has 1 aliphatic heterocycles. The number of amides is 2. The van der Waals surface area contributed by atoms with Crippen LogP contribution in [-0.2, 0) is 6.42 Å². The summed E-state index contributed by atoms with van der Waals surface area (Å²) in [6, 6.07) is 7.14. The number of nitrogens with one attached hydrogen (secondary N) is 1. The maximum atomic E-state index is 12.4. The SMILES string of the molecule is CCC(C)NC(=O)N1CCc2cc(C)ccc2C1CC. The van der Waals surface area contributed by atoms with Crippen LogP contribution in [0.2, 0.25) is 0 Å². The lowest BCUT2D eigenvalue weighted by atomic mass is 9.90. The van der Waals surface area contributed by atoms with Crippen LogP contribution in [0.25, 0.3) is 0 Å². The molecule has 0 aliphatic carbocycles. The monoisotopic (exact) mass is 274 g/mol. The normalized spacial score (nSPS) is 19.4. The summed E-state index contributed by atoms with van der Waals surface area (Å²) in [5, 5.41) is 3.09. The molecule has 20 heavy (non-hydrogen) atoms. The summed E-state index contributed by atoms with van der Waals surface area (Å²) < 4.78 is 0. The number of hydrogen-bond donors (Lipinski definition) is 1. The van der Waals surface area contributed by atoms with E-state index in [1.54, 1.807) is 0 Å². The van der Waals surface area contributed by atoms with E-state index in [0.29, 0.717) is 0 Å². The second-order valence-electron chi connectivity index (χ2n) is 5.83. The molecule has 110 valence electrons. The lowest BCUT2D eigenvalue weighted by Gasteiger charge is -2.37. The van der Waals surface area contributed by atoms with E-state index in [0.717, 1.165) is 25.8 Å². The molecular formula is C17H26N2O. The molecule has 0 bridgehead atoms. The van der Waals surface area contributed by atoms with Crippen LogP contribution in [0.4, 0.5) is 4.79 Å². The highest BCUT2D eigenvalue weighted by Gasteiger charge is 2.29. The van der Waals surface area contributed by atoms with Gasteiger partial charge in [0, 0.05) is 12.6 Å². The molecule has 2 atom stereocenters. The molecule has 0 saturated carbocycles. The second kappa shape index (κ2) is 6.29. The van der Waals surface area contributed by atoms with Crippen molar-refractivity contribution in [2.45, 2.75) is 59.0 Å². The zero-order valence-electron chi connectivity index (χ0n) is 13.1. The van der Waals surface area contributed by atoms with Gasteiger partial charge in [-0.05, 0) is 44.2 Å². The summed E-state index contributed by atoms with van der Waals surface area (Å²) in [6.45, 7) is 9.25. The van der Waals surface area contributed by atoms with Gasteiger partial charge in [0.2, 0.25) is 0 Å². The van der Waals surface area contributed by atoms with Gasteiger partial charge >= 0.3 is 6.03 Å². The first kappa shape index (κ1) is 14.9. The fourth-order valence-electron chi connectivity index (χ4n) is 2.92. The van der Waals surface area contributed by atoms with Crippen molar-refractivity contribution in [1.82, 2.24) is 10.2 Å². The predicted octanol–water partition coefficient (Wildman–Crippen LogP) is 3.81. The molecule has 2 amide bonds. The van der Waals surface area contributed by atoms with Gasteiger partial charge in [0.15, 0.2) is 0 Å². The van der Waals surface area contributed by atoms with Crippen LogP contribution in [0.1, 0.15) is 56.3 Å². The molecule has 0 saturated heterocycles. The molecular weight excluding hydrogens is 248 g/mol. The molecule has 1 aromatic carbocycles. The standard InChI is InChI=1S/C17H26N2O/c1-5-13(4)18-17(20)19-10-9-14-11-12(3)7-8-15(14)16(19)6-2/h7-8,11,13,16H,5-6,9-10H2,1-4H3,(H,18,20). The molecule has 3 heteroatoms. The summed E-state index contributed by atoms with van der Waals surface area (Å²) in [7, 11) is 0. The Bertz CT molecular complexity index is 484. The Kier molecular flexibility index (Phi) is 4.69. The van der Waals surface area contributed by atoms with Crippen LogP contribution < -0.4 is 5.32 Å². The number of carbonyl (C=O) groups excluding carboxylic acids is 1. The number of hydrogen-bond acceptors (Lipinski definition) is 1. The van der Waals surface area contributed by atoms with Gasteiger partial charge in [0.05, 0.1) is 6.04 Å². The van der Waals surface area contributed by atoms with Crippen molar-refractivity contribution in [1.29, 1.82) is 0 Å². The second-order valence-corrected chi connectivity index (χ2v) is 5.83. The van der Waals surface area contributed by atoms with Crippen LogP contribution in [0, 0.1) is 6.92 Å². The Morgan fingerprint density at radius 1 is 1.45 bits per heavy atom. The van der Waals surface area contributed by atoms with Crippen molar-refractivity contribution >= 4 is 6.03 Å². The van der Waals surface area contributed by atoms with Crippen molar-refractivity contribution in [2.75, 3.05) is 6.54 Å². The third-order valence-electron chi connectivity index (χ3n) is 4.29. The van der Waals surface area contributed by atoms with Crippen molar-refractivity contribution in [3.05, 3.63) is 34.9 Å². The van der Waals surface area contributed by atoms with E-state index < -0.39 is 0 Å². The molecule has 2 unspecified atom stereocenters. The number of rotatable bonds is 3. The summed E-state index contributed by atoms with van der Waals surface area (Å²) in [5.41, 5.74) is 4.03. The Hall–Kier alpha value is -1.51. The van der Waals surface area contributed by atoms with Gasteiger partial charge in [-0.3, -0.25) is 0 Å². The van der Waals surface area contributed by atoms with E-state index in [-0.39, 0.29) is 18.1 Å². The van der Waals surface area contributed by atoms with Gasteiger partial charge in [-0.1, -0.05) is 37.6 Å². The minimum absolute atomic E-state index is 0.0809. The van der Waals surface area contributed by atoms with E-state index in [4.69, 9.17) is 0 Å². The molecule has 0 fully saturated rings. The minimum atomic E-state index is 0.0809. The van der Waals surface area contributed by atoms with E-state index in [2.05, 4.69) is 51.2 Å². The summed E-state index contributed by atoms with van der Waals surface area (Å²) in [4.78, 5) is 14.4. The smallest absolute Gasteiger partial charge is 0.318 e. The number of nitrogens with zero attached hydrogens (tertiary/aromatic N) is 1. The Morgan fingerprint density at radius 3 is 2.85 bits per heavy atom. The zero-order chi connectivity index (χ0) is 14.7. The van der Waals surface area contributed by atoms with Gasteiger partial charge in [0.25, 0.3) is 0 Å². The van der Waals surface area contributed by atoms with E-state index in [9.17, 15) is 4.79 Å². The number of urea groups is 1. The van der Waals surface area contributed by atoms with Crippen LogP contribution >= 0.6 is 0 Å². The summed E-state index contributed by atoms with van der Waals surface area (Å²) in [6.07, 6.45) is 2.89. The largest absolute Gasteiger partial charge is 0.336 e. The topological polar surface area (TPSA) is 32.3 Å². The molecule has 1 N–H and O–H groups in total. The maximum absolute atomic E-state index is 12.4. The average molecular weight is 274 g/mol. The highest BCUT2D eigenvalue weighted by Crippen LogP contribution is 2.32. The highest BCUT2D eigenvalue weighted by atomic mass is 16.2. The van der Waals surface area contributed by atoms with E-state index in [1.165, 1.54) is 16.7 Å². The molecule has 1 aliphatic rings. The van der Waals surface area contributed by atoms with Crippen molar-refractivity contribution in [3.63, 3.8) is 0 Å². The van der Waals surface area contributed by atoms with Crippen LogP contribution in [-0.4, -0.2) is 23.5 Å². The average Bonchev–Trinajstić information content (AvgIpc) is 2.45. The lowest BCUT2D eigenvalue weighted by Crippen LogP contribution is -2.47. The molecule has 0 spiro atoms. The fourth-order valence-corrected chi connectivity index (χ4v) is 2.92. The predicted molar refractivity (Wildman–Crippen MR) is 82.9 cm³/mol. The Labute approximate surface area is 122 Å². The quantitative estimate of drug-likeness (QED) is 0.893. The first-order valence-electron chi connectivity index (χ1n) is 7.73. The molecule has 0 radical (unpaired) electrons. The third kappa shape index (κ3) is 2.97. The number of benzene rings is 1. The Morgan fingerprint density at radius 2 is 2.20 bits per heavy atom. The number of carbonyl (C=O) groups is 1. The zero-order valence-corrected chi connectivity index (χ0v) is 13.1. The molecule has 2 rings (SSSR count). The molecule has 3 nitrogen and oxygen atoms in total. The first-order valence-corrected chi connectivity index (χ1v) is 7.73.